The highest BCUT2D eigenvalue weighted by atomic mass is 35.5. The maximum absolute atomic E-state index is 13.2. The second-order valence-electron chi connectivity index (χ2n) is 7.73. The van der Waals surface area contributed by atoms with Crippen molar-refractivity contribution in [2.45, 2.75) is 38.5 Å². The molecule has 2 heterocycles. The number of likely N-dealkylation sites (tertiary alicyclic amines) is 1. The quantitative estimate of drug-likeness (QED) is 0.833. The van der Waals surface area contributed by atoms with Gasteiger partial charge in [-0.15, -0.1) is 24.8 Å². The molecule has 23 heavy (non-hydrogen) atoms. The molecular formula is C17H33Cl2N3O. The molecule has 1 aliphatic carbocycles. The molecule has 0 aromatic heterocycles. The molecular weight excluding hydrogens is 333 g/mol. The highest BCUT2D eigenvalue weighted by molar-refractivity contribution is 5.85. The monoisotopic (exact) mass is 365 g/mol. The number of amides is 1. The van der Waals surface area contributed by atoms with E-state index in [1.807, 2.05) is 0 Å². The lowest BCUT2D eigenvalue weighted by molar-refractivity contribution is -0.147. The van der Waals surface area contributed by atoms with Crippen LogP contribution in [0.1, 0.15) is 38.5 Å². The number of rotatable bonds is 3. The Morgan fingerprint density at radius 1 is 1.17 bits per heavy atom. The van der Waals surface area contributed by atoms with Gasteiger partial charge in [-0.25, -0.2) is 0 Å². The largest absolute Gasteiger partial charge is 0.342 e. The Hall–Kier alpha value is -0.0300. The summed E-state index contributed by atoms with van der Waals surface area (Å²) in [7, 11) is 4.29. The lowest BCUT2D eigenvalue weighted by Gasteiger charge is -2.43. The first kappa shape index (κ1) is 21.0. The standard InChI is InChI=1S/C17H31N3O.2ClH/c1-19(2)12-14-6-9-20(10-7-14)16(21)17-8-4-3-5-15(17)11-18-13-17;;/h14-15,18H,3-13H2,1-2H3;2*1H/t15-,17+;;/m0../s1. The number of fused-ring (bicyclic) bond motifs is 1. The Kier molecular flexibility index (Phi) is 8.12. The van der Waals surface area contributed by atoms with Crippen LogP contribution >= 0.6 is 24.8 Å². The van der Waals surface area contributed by atoms with Crippen LogP contribution in [0.2, 0.25) is 0 Å². The van der Waals surface area contributed by atoms with E-state index < -0.39 is 0 Å². The maximum Gasteiger partial charge on any atom is 0.230 e. The zero-order valence-electron chi connectivity index (χ0n) is 14.6. The Bertz CT molecular complexity index is 386. The topological polar surface area (TPSA) is 35.6 Å². The van der Waals surface area contributed by atoms with Gasteiger partial charge in [0.15, 0.2) is 0 Å². The van der Waals surface area contributed by atoms with E-state index in [1.54, 1.807) is 0 Å². The molecule has 0 unspecified atom stereocenters. The molecule has 2 saturated heterocycles. The van der Waals surface area contributed by atoms with Crippen LogP contribution in [-0.2, 0) is 4.79 Å². The Morgan fingerprint density at radius 2 is 1.87 bits per heavy atom. The number of hydrogen-bond acceptors (Lipinski definition) is 3. The van der Waals surface area contributed by atoms with Gasteiger partial charge in [0.05, 0.1) is 5.41 Å². The summed E-state index contributed by atoms with van der Waals surface area (Å²) in [6, 6.07) is 0. The maximum atomic E-state index is 13.2. The fourth-order valence-corrected chi connectivity index (χ4v) is 4.82. The number of piperidine rings is 1. The van der Waals surface area contributed by atoms with Gasteiger partial charge >= 0.3 is 0 Å². The Balaban J connectivity index is 0.00000132. The fraction of sp³-hybridized carbons (Fsp3) is 0.941. The highest BCUT2D eigenvalue weighted by Crippen LogP contribution is 2.45. The van der Waals surface area contributed by atoms with E-state index in [0.29, 0.717) is 11.8 Å². The molecule has 3 aliphatic rings. The minimum atomic E-state index is -0.0490. The van der Waals surface area contributed by atoms with Crippen LogP contribution < -0.4 is 5.32 Å². The number of hydrogen-bond donors (Lipinski definition) is 1. The predicted molar refractivity (Wildman–Crippen MR) is 99.6 cm³/mol. The van der Waals surface area contributed by atoms with Gasteiger partial charge in [-0.05, 0) is 58.2 Å². The smallest absolute Gasteiger partial charge is 0.230 e. The summed E-state index contributed by atoms with van der Waals surface area (Å²) in [6.45, 7) is 5.10. The van der Waals surface area contributed by atoms with Crippen molar-refractivity contribution >= 4 is 30.7 Å². The zero-order chi connectivity index (χ0) is 14.9. The van der Waals surface area contributed by atoms with Crippen LogP contribution in [-0.4, -0.2) is 62.5 Å². The molecule has 0 bridgehead atoms. The third-order valence-corrected chi connectivity index (χ3v) is 5.99. The van der Waals surface area contributed by atoms with Crippen molar-refractivity contribution in [1.29, 1.82) is 0 Å². The van der Waals surface area contributed by atoms with Gasteiger partial charge in [-0.3, -0.25) is 4.79 Å². The van der Waals surface area contributed by atoms with Gasteiger partial charge < -0.3 is 15.1 Å². The number of carbonyl (C=O) groups excluding carboxylic acids is 1. The molecule has 4 nitrogen and oxygen atoms in total. The molecule has 6 heteroatoms. The van der Waals surface area contributed by atoms with E-state index in [-0.39, 0.29) is 30.2 Å². The summed E-state index contributed by atoms with van der Waals surface area (Å²) in [4.78, 5) is 17.6. The first-order valence-electron chi connectivity index (χ1n) is 8.76. The molecule has 0 aromatic carbocycles. The van der Waals surface area contributed by atoms with Crippen LogP contribution in [0.3, 0.4) is 0 Å². The first-order chi connectivity index (χ1) is 10.1. The van der Waals surface area contributed by atoms with Crippen molar-refractivity contribution in [1.82, 2.24) is 15.1 Å². The summed E-state index contributed by atoms with van der Waals surface area (Å²) in [5.74, 6) is 1.84. The van der Waals surface area contributed by atoms with E-state index in [0.717, 1.165) is 45.1 Å². The SMILES string of the molecule is CN(C)CC1CCN(C(=O)[C@@]23CCCC[C@H]2CNC3)CC1.Cl.Cl. The number of nitrogens with zero attached hydrogens (tertiary/aromatic N) is 2. The Morgan fingerprint density at radius 3 is 2.52 bits per heavy atom. The summed E-state index contributed by atoms with van der Waals surface area (Å²) >= 11 is 0. The van der Waals surface area contributed by atoms with E-state index in [2.05, 4.69) is 29.2 Å². The summed E-state index contributed by atoms with van der Waals surface area (Å²) in [5, 5.41) is 3.51. The van der Waals surface area contributed by atoms with Gasteiger partial charge in [0.25, 0.3) is 0 Å². The third-order valence-electron chi connectivity index (χ3n) is 5.99. The van der Waals surface area contributed by atoms with E-state index in [9.17, 15) is 4.79 Å². The van der Waals surface area contributed by atoms with Crippen LogP contribution in [0.4, 0.5) is 0 Å². The highest BCUT2D eigenvalue weighted by Gasteiger charge is 2.51. The minimum absolute atomic E-state index is 0. The van der Waals surface area contributed by atoms with Crippen molar-refractivity contribution in [3.05, 3.63) is 0 Å². The number of nitrogens with one attached hydrogen (secondary N) is 1. The van der Waals surface area contributed by atoms with Crippen LogP contribution in [0.5, 0.6) is 0 Å². The van der Waals surface area contributed by atoms with Crippen molar-refractivity contribution in [3.63, 3.8) is 0 Å². The lowest BCUT2D eigenvalue weighted by atomic mass is 9.67. The van der Waals surface area contributed by atoms with Crippen LogP contribution in [0.25, 0.3) is 0 Å². The summed E-state index contributed by atoms with van der Waals surface area (Å²) in [5.41, 5.74) is -0.0490. The van der Waals surface area contributed by atoms with E-state index in [4.69, 9.17) is 0 Å². The van der Waals surface area contributed by atoms with Crippen LogP contribution in [0, 0.1) is 17.3 Å². The molecule has 0 aromatic rings. The molecule has 3 rings (SSSR count). The second kappa shape index (κ2) is 8.89. The predicted octanol–water partition coefficient (Wildman–Crippen LogP) is 2.41. The average molecular weight is 366 g/mol. The Labute approximate surface area is 153 Å². The first-order valence-corrected chi connectivity index (χ1v) is 8.76. The molecule has 2 aliphatic heterocycles. The summed E-state index contributed by atoms with van der Waals surface area (Å²) in [6.07, 6.45) is 7.26. The molecule has 1 saturated carbocycles. The summed E-state index contributed by atoms with van der Waals surface area (Å²) < 4.78 is 0. The average Bonchev–Trinajstić information content (AvgIpc) is 2.91. The van der Waals surface area contributed by atoms with Gasteiger partial charge in [-0.1, -0.05) is 12.8 Å². The van der Waals surface area contributed by atoms with Gasteiger partial charge in [0, 0.05) is 26.2 Å². The molecule has 1 amide bonds. The van der Waals surface area contributed by atoms with E-state index in [1.165, 1.54) is 32.1 Å². The van der Waals surface area contributed by atoms with Crippen molar-refractivity contribution in [2.24, 2.45) is 17.3 Å². The van der Waals surface area contributed by atoms with Gasteiger partial charge in [0.2, 0.25) is 5.91 Å². The lowest BCUT2D eigenvalue weighted by Crippen LogP contribution is -2.52. The third kappa shape index (κ3) is 4.33. The second-order valence-corrected chi connectivity index (χ2v) is 7.73. The zero-order valence-corrected chi connectivity index (χ0v) is 16.2. The molecule has 136 valence electrons. The minimum Gasteiger partial charge on any atom is -0.342 e. The molecule has 2 atom stereocenters. The van der Waals surface area contributed by atoms with Gasteiger partial charge in [0.1, 0.15) is 0 Å². The van der Waals surface area contributed by atoms with Crippen LogP contribution in [0.15, 0.2) is 0 Å². The molecule has 0 spiro atoms. The van der Waals surface area contributed by atoms with E-state index >= 15 is 0 Å². The normalized spacial score (nSPS) is 31.3. The molecule has 1 N–H and O–H groups in total. The van der Waals surface area contributed by atoms with Crippen molar-refractivity contribution < 1.29 is 4.79 Å². The van der Waals surface area contributed by atoms with Crippen molar-refractivity contribution in [2.75, 3.05) is 46.8 Å². The molecule has 3 fully saturated rings. The number of carbonyl (C=O) groups is 1. The number of halogens is 2. The fourth-order valence-electron chi connectivity index (χ4n) is 4.82. The molecule has 0 radical (unpaired) electrons. The van der Waals surface area contributed by atoms with Gasteiger partial charge in [-0.2, -0.15) is 0 Å². The van der Waals surface area contributed by atoms with Crippen molar-refractivity contribution in [3.8, 4) is 0 Å².